The standard InChI is InChI=1S/C24H24Cl2FN3O6S/c1-37(33,34)30-11-21(36-20-5-2-14(25)6-19(20)30)23(32)29-24-8-13(9-24)18(10-24)28-22(31)12-35-15-3-4-16(26)17(27)7-15/h2-7,13,18,21H,8-12H2,1H3,(H,28,31)(H,29,32). The third kappa shape index (κ3) is 5.30. The smallest absolute Gasteiger partial charge is 0.263 e. The maximum atomic E-state index is 13.5. The second kappa shape index (κ2) is 9.52. The normalized spacial score (nSPS) is 25.9. The molecule has 0 radical (unpaired) electrons. The molecule has 1 aliphatic heterocycles. The van der Waals surface area contributed by atoms with Gasteiger partial charge in [-0.2, -0.15) is 0 Å². The Bertz CT molecular complexity index is 1370. The van der Waals surface area contributed by atoms with Crippen LogP contribution in [-0.4, -0.2) is 57.3 Å². The van der Waals surface area contributed by atoms with Gasteiger partial charge in [0.25, 0.3) is 11.8 Å². The van der Waals surface area contributed by atoms with Crippen LogP contribution in [0.3, 0.4) is 0 Å². The molecule has 2 atom stereocenters. The molecule has 3 fully saturated rings. The molecule has 3 aliphatic carbocycles. The molecule has 0 spiro atoms. The van der Waals surface area contributed by atoms with Crippen molar-refractivity contribution in [3.63, 3.8) is 0 Å². The van der Waals surface area contributed by atoms with Gasteiger partial charge in [-0.3, -0.25) is 13.9 Å². The molecule has 2 aromatic rings. The first-order valence-corrected chi connectivity index (χ1v) is 14.2. The van der Waals surface area contributed by atoms with Gasteiger partial charge in [-0.25, -0.2) is 12.8 Å². The van der Waals surface area contributed by atoms with E-state index < -0.39 is 33.4 Å². The van der Waals surface area contributed by atoms with Gasteiger partial charge >= 0.3 is 0 Å². The minimum atomic E-state index is -3.68. The van der Waals surface area contributed by atoms with Gasteiger partial charge in [-0.15, -0.1) is 0 Å². The first-order valence-electron chi connectivity index (χ1n) is 11.6. The van der Waals surface area contributed by atoms with Crippen LogP contribution in [0.2, 0.25) is 10.0 Å². The van der Waals surface area contributed by atoms with E-state index in [-0.39, 0.29) is 53.2 Å². The number of rotatable bonds is 7. The van der Waals surface area contributed by atoms with Crippen LogP contribution in [0.5, 0.6) is 11.5 Å². The van der Waals surface area contributed by atoms with E-state index in [0.29, 0.717) is 24.3 Å². The Morgan fingerprint density at radius 2 is 1.95 bits per heavy atom. The lowest BCUT2D eigenvalue weighted by Gasteiger charge is -2.41. The largest absolute Gasteiger partial charge is 0.484 e. The molecule has 0 aromatic heterocycles. The lowest BCUT2D eigenvalue weighted by Crippen LogP contribution is -2.58. The van der Waals surface area contributed by atoms with Crippen molar-refractivity contribution in [1.82, 2.24) is 10.6 Å². The Morgan fingerprint density at radius 3 is 2.65 bits per heavy atom. The summed E-state index contributed by atoms with van der Waals surface area (Å²) in [5, 5.41) is 6.27. The van der Waals surface area contributed by atoms with Crippen molar-refractivity contribution in [3.05, 3.63) is 52.3 Å². The van der Waals surface area contributed by atoms with Crippen molar-refractivity contribution in [1.29, 1.82) is 0 Å². The van der Waals surface area contributed by atoms with E-state index in [9.17, 15) is 22.4 Å². The maximum Gasteiger partial charge on any atom is 0.263 e. The summed E-state index contributed by atoms with van der Waals surface area (Å²) in [4.78, 5) is 25.5. The Kier molecular flexibility index (Phi) is 6.66. The van der Waals surface area contributed by atoms with Crippen LogP contribution in [0.1, 0.15) is 19.3 Å². The molecular formula is C24H24Cl2FN3O6S. The quantitative estimate of drug-likeness (QED) is 0.528. The van der Waals surface area contributed by atoms with Crippen LogP contribution >= 0.6 is 23.2 Å². The predicted octanol–water partition coefficient (Wildman–Crippen LogP) is 2.89. The topological polar surface area (TPSA) is 114 Å². The van der Waals surface area contributed by atoms with Crippen molar-refractivity contribution >= 4 is 50.7 Å². The summed E-state index contributed by atoms with van der Waals surface area (Å²) in [5.74, 6) is -0.780. The van der Waals surface area contributed by atoms with Gasteiger partial charge < -0.3 is 20.1 Å². The number of ether oxygens (including phenoxy) is 2. The summed E-state index contributed by atoms with van der Waals surface area (Å²) in [5.41, 5.74) is -0.215. The zero-order chi connectivity index (χ0) is 26.5. The average Bonchev–Trinajstić information content (AvgIpc) is 3.31. The maximum absolute atomic E-state index is 13.5. The average molecular weight is 572 g/mol. The van der Waals surface area contributed by atoms with Gasteiger partial charge in [0.1, 0.15) is 17.3 Å². The lowest BCUT2D eigenvalue weighted by atomic mass is 9.76. The fraction of sp³-hybridized carbons (Fsp3) is 0.417. The minimum Gasteiger partial charge on any atom is -0.484 e. The number of amides is 2. The molecule has 37 heavy (non-hydrogen) atoms. The molecule has 9 nitrogen and oxygen atoms in total. The molecule has 2 amide bonds. The third-order valence-corrected chi connectivity index (χ3v) is 8.65. The van der Waals surface area contributed by atoms with Gasteiger partial charge in [-0.05, 0) is 55.5 Å². The van der Waals surface area contributed by atoms with Crippen LogP contribution in [0.15, 0.2) is 36.4 Å². The molecule has 4 aliphatic rings. The summed E-state index contributed by atoms with van der Waals surface area (Å²) in [6.07, 6.45) is 1.91. The van der Waals surface area contributed by atoms with E-state index in [0.717, 1.165) is 16.6 Å². The zero-order valence-electron chi connectivity index (χ0n) is 19.7. The van der Waals surface area contributed by atoms with Crippen molar-refractivity contribution in [2.45, 2.75) is 36.9 Å². The lowest BCUT2D eigenvalue weighted by molar-refractivity contribution is -0.130. The highest BCUT2D eigenvalue weighted by Crippen LogP contribution is 2.52. The van der Waals surface area contributed by atoms with Crippen molar-refractivity contribution in [3.8, 4) is 11.5 Å². The molecule has 2 aromatic carbocycles. The van der Waals surface area contributed by atoms with Crippen LogP contribution in [-0.2, 0) is 19.6 Å². The summed E-state index contributed by atoms with van der Waals surface area (Å²) < 4.78 is 50.6. The van der Waals surface area contributed by atoms with E-state index in [1.165, 1.54) is 24.3 Å². The molecule has 6 rings (SSSR count). The van der Waals surface area contributed by atoms with E-state index in [2.05, 4.69) is 10.6 Å². The SMILES string of the molecule is CS(=O)(=O)N1CC(C(=O)NC23CC(C2)C(NC(=O)COc2ccc(Cl)c(F)c2)C3)Oc2ccc(Cl)cc21. The fourth-order valence-corrected chi connectivity index (χ4v) is 6.48. The molecule has 2 bridgehead atoms. The molecule has 13 heteroatoms. The minimum absolute atomic E-state index is 0.0360. The fourth-order valence-electron chi connectivity index (χ4n) is 5.29. The summed E-state index contributed by atoms with van der Waals surface area (Å²) in [6, 6.07) is 8.36. The van der Waals surface area contributed by atoms with Crippen molar-refractivity contribution in [2.75, 3.05) is 23.7 Å². The first-order chi connectivity index (χ1) is 17.4. The summed E-state index contributed by atoms with van der Waals surface area (Å²) >= 11 is 11.7. The Balaban J connectivity index is 1.17. The van der Waals surface area contributed by atoms with E-state index >= 15 is 0 Å². The van der Waals surface area contributed by atoms with Gasteiger partial charge in [0.15, 0.2) is 12.7 Å². The Labute approximate surface area is 223 Å². The first kappa shape index (κ1) is 25.9. The number of hydrogen-bond acceptors (Lipinski definition) is 6. The van der Waals surface area contributed by atoms with Crippen LogP contribution in [0.25, 0.3) is 0 Å². The van der Waals surface area contributed by atoms with Gasteiger partial charge in [-0.1, -0.05) is 23.2 Å². The van der Waals surface area contributed by atoms with E-state index in [4.69, 9.17) is 32.7 Å². The molecule has 2 unspecified atom stereocenters. The van der Waals surface area contributed by atoms with Gasteiger partial charge in [0.2, 0.25) is 10.0 Å². The van der Waals surface area contributed by atoms with Crippen molar-refractivity contribution < 1.29 is 31.9 Å². The number of carbonyl (C=O) groups is 2. The zero-order valence-corrected chi connectivity index (χ0v) is 22.0. The molecule has 0 saturated heterocycles. The number of carbonyl (C=O) groups excluding carboxylic acids is 2. The monoisotopic (exact) mass is 571 g/mol. The van der Waals surface area contributed by atoms with E-state index in [1.54, 1.807) is 6.07 Å². The number of nitrogens with one attached hydrogen (secondary N) is 2. The molecule has 3 saturated carbocycles. The number of fused-ring (bicyclic) bond motifs is 2. The molecular weight excluding hydrogens is 548 g/mol. The highest BCUT2D eigenvalue weighted by molar-refractivity contribution is 7.92. The number of benzene rings is 2. The van der Waals surface area contributed by atoms with Gasteiger partial charge in [0, 0.05) is 22.7 Å². The second-order valence-corrected chi connectivity index (χ2v) is 12.4. The Hall–Kier alpha value is -2.76. The number of sulfonamides is 1. The number of hydrogen-bond donors (Lipinski definition) is 2. The summed E-state index contributed by atoms with van der Waals surface area (Å²) in [6.45, 7) is -0.468. The third-order valence-electron chi connectivity index (χ3n) is 6.96. The number of nitrogens with zero attached hydrogens (tertiary/aromatic N) is 1. The van der Waals surface area contributed by atoms with Crippen LogP contribution in [0, 0.1) is 11.7 Å². The molecule has 2 N–H and O–H groups in total. The van der Waals surface area contributed by atoms with Crippen molar-refractivity contribution in [2.24, 2.45) is 5.92 Å². The van der Waals surface area contributed by atoms with Crippen LogP contribution < -0.4 is 24.4 Å². The Morgan fingerprint density at radius 1 is 1.19 bits per heavy atom. The van der Waals surface area contributed by atoms with Gasteiger partial charge in [0.05, 0.1) is 23.5 Å². The highest BCUT2D eigenvalue weighted by Gasteiger charge is 2.57. The van der Waals surface area contributed by atoms with Crippen LogP contribution in [0.4, 0.5) is 10.1 Å². The highest BCUT2D eigenvalue weighted by atomic mass is 35.5. The number of halogens is 3. The number of anilines is 1. The van der Waals surface area contributed by atoms with E-state index in [1.807, 2.05) is 0 Å². The molecule has 1 heterocycles. The molecule has 198 valence electrons. The second-order valence-electron chi connectivity index (χ2n) is 9.69. The predicted molar refractivity (Wildman–Crippen MR) is 135 cm³/mol. The summed E-state index contributed by atoms with van der Waals surface area (Å²) in [7, 11) is -3.68.